The lowest BCUT2D eigenvalue weighted by Gasteiger charge is -2.36. The minimum atomic E-state index is -0.118. The van der Waals surface area contributed by atoms with Gasteiger partial charge in [0.05, 0.1) is 11.6 Å². The van der Waals surface area contributed by atoms with E-state index in [1.807, 2.05) is 0 Å². The quantitative estimate of drug-likeness (QED) is 0.868. The maximum Gasteiger partial charge on any atom is 0.0874 e. The number of hydrogen-bond donors (Lipinski definition) is 1. The Hall–Kier alpha value is -0.860. The van der Waals surface area contributed by atoms with Gasteiger partial charge in [0.15, 0.2) is 0 Å². The highest BCUT2D eigenvalue weighted by molar-refractivity contribution is 5.31. The van der Waals surface area contributed by atoms with Gasteiger partial charge in [0.1, 0.15) is 0 Å². The number of nitrogens with two attached hydrogens (primary N) is 1. The second-order valence-corrected chi connectivity index (χ2v) is 6.48. The van der Waals surface area contributed by atoms with Crippen LogP contribution in [0.5, 0.6) is 0 Å². The minimum Gasteiger partial charge on any atom is -0.373 e. The van der Waals surface area contributed by atoms with Crippen LogP contribution >= 0.6 is 0 Å². The molecular weight excluding hydrogens is 246 g/mol. The monoisotopic (exact) mass is 273 g/mol. The molecule has 0 amide bonds. The minimum absolute atomic E-state index is 0.0185. The summed E-state index contributed by atoms with van der Waals surface area (Å²) in [5, 5.41) is 0. The Morgan fingerprint density at radius 3 is 2.60 bits per heavy atom. The molecule has 0 bridgehead atoms. The molecule has 0 aliphatic heterocycles. The highest BCUT2D eigenvalue weighted by Crippen LogP contribution is 2.43. The topological polar surface area (TPSA) is 35.2 Å². The third-order valence-corrected chi connectivity index (χ3v) is 5.29. The van der Waals surface area contributed by atoms with Crippen molar-refractivity contribution in [2.45, 2.75) is 69.4 Å². The van der Waals surface area contributed by atoms with Crippen molar-refractivity contribution in [3.05, 3.63) is 35.4 Å². The maximum absolute atomic E-state index is 6.62. The standard InChI is InChI=1S/C18H27NO/c1-2-20-18(11-3-4-12-18)17(19)16-10-6-9-15(13-16)14-7-5-8-14/h6,9-10,13-14,17H,2-5,7-8,11-12,19H2,1H3. The Labute approximate surface area is 122 Å². The molecule has 3 rings (SSSR count). The third kappa shape index (κ3) is 2.51. The Morgan fingerprint density at radius 1 is 1.25 bits per heavy atom. The summed E-state index contributed by atoms with van der Waals surface area (Å²) < 4.78 is 6.12. The van der Waals surface area contributed by atoms with Gasteiger partial charge >= 0.3 is 0 Å². The Kier molecular flexibility index (Phi) is 4.13. The van der Waals surface area contributed by atoms with Gasteiger partial charge in [0, 0.05) is 6.61 Å². The van der Waals surface area contributed by atoms with Crippen LogP contribution in [0, 0.1) is 0 Å². The van der Waals surface area contributed by atoms with E-state index in [0.717, 1.165) is 25.4 Å². The molecule has 0 saturated heterocycles. The highest BCUT2D eigenvalue weighted by atomic mass is 16.5. The molecule has 1 unspecified atom stereocenters. The van der Waals surface area contributed by atoms with Crippen LogP contribution in [0.2, 0.25) is 0 Å². The van der Waals surface area contributed by atoms with Crippen molar-refractivity contribution in [3.8, 4) is 0 Å². The summed E-state index contributed by atoms with van der Waals surface area (Å²) in [5.41, 5.74) is 9.26. The molecule has 0 spiro atoms. The smallest absolute Gasteiger partial charge is 0.0874 e. The van der Waals surface area contributed by atoms with Crippen LogP contribution in [0.25, 0.3) is 0 Å². The van der Waals surface area contributed by atoms with Crippen molar-refractivity contribution >= 4 is 0 Å². The maximum atomic E-state index is 6.62. The van der Waals surface area contributed by atoms with Crippen molar-refractivity contribution < 1.29 is 4.74 Å². The normalized spacial score (nSPS) is 23.5. The lowest BCUT2D eigenvalue weighted by molar-refractivity contribution is -0.0536. The second-order valence-electron chi connectivity index (χ2n) is 6.48. The SMILES string of the molecule is CCOC1(C(N)c2cccc(C3CCC3)c2)CCCC1. The van der Waals surface area contributed by atoms with E-state index in [2.05, 4.69) is 31.2 Å². The molecular formula is C18H27NO. The second kappa shape index (κ2) is 5.87. The van der Waals surface area contributed by atoms with Crippen molar-refractivity contribution in [1.29, 1.82) is 0 Å². The van der Waals surface area contributed by atoms with Gasteiger partial charge in [-0.25, -0.2) is 0 Å². The van der Waals surface area contributed by atoms with Crippen LogP contribution in [0.4, 0.5) is 0 Å². The van der Waals surface area contributed by atoms with Crippen LogP contribution in [-0.4, -0.2) is 12.2 Å². The average Bonchev–Trinajstić information content (AvgIpc) is 2.86. The Morgan fingerprint density at radius 2 is 2.00 bits per heavy atom. The van der Waals surface area contributed by atoms with Crippen molar-refractivity contribution in [2.75, 3.05) is 6.61 Å². The van der Waals surface area contributed by atoms with Crippen LogP contribution in [-0.2, 0) is 4.74 Å². The number of ether oxygens (including phenoxy) is 1. The Balaban J connectivity index is 1.83. The molecule has 0 heterocycles. The molecule has 2 N–H and O–H groups in total. The molecule has 2 heteroatoms. The van der Waals surface area contributed by atoms with Gasteiger partial charge in [0.2, 0.25) is 0 Å². The van der Waals surface area contributed by atoms with E-state index in [1.54, 1.807) is 0 Å². The van der Waals surface area contributed by atoms with E-state index < -0.39 is 0 Å². The molecule has 0 aromatic heterocycles. The zero-order chi connectivity index (χ0) is 14.0. The first kappa shape index (κ1) is 14.1. The molecule has 2 nitrogen and oxygen atoms in total. The van der Waals surface area contributed by atoms with Gasteiger partial charge in [-0.3, -0.25) is 0 Å². The molecule has 0 radical (unpaired) electrons. The summed E-state index contributed by atoms with van der Waals surface area (Å²) >= 11 is 0. The number of rotatable bonds is 5. The fourth-order valence-corrected chi connectivity index (χ4v) is 3.86. The zero-order valence-corrected chi connectivity index (χ0v) is 12.6. The summed E-state index contributed by atoms with van der Waals surface area (Å²) in [7, 11) is 0. The van der Waals surface area contributed by atoms with E-state index in [1.165, 1.54) is 43.2 Å². The van der Waals surface area contributed by atoms with Crippen molar-refractivity contribution in [1.82, 2.24) is 0 Å². The predicted octanol–water partition coefficient (Wildman–Crippen LogP) is 4.30. The molecule has 1 aromatic carbocycles. The summed E-state index contributed by atoms with van der Waals surface area (Å²) in [6.07, 6.45) is 8.77. The van der Waals surface area contributed by atoms with E-state index in [-0.39, 0.29) is 11.6 Å². The molecule has 2 saturated carbocycles. The largest absolute Gasteiger partial charge is 0.373 e. The van der Waals surface area contributed by atoms with E-state index >= 15 is 0 Å². The van der Waals surface area contributed by atoms with Gasteiger partial charge in [-0.05, 0) is 49.7 Å². The summed E-state index contributed by atoms with van der Waals surface area (Å²) in [6, 6.07) is 8.99. The van der Waals surface area contributed by atoms with Crippen molar-refractivity contribution in [3.63, 3.8) is 0 Å². The summed E-state index contributed by atoms with van der Waals surface area (Å²) in [4.78, 5) is 0. The molecule has 110 valence electrons. The fourth-order valence-electron chi connectivity index (χ4n) is 3.86. The lowest BCUT2D eigenvalue weighted by Crippen LogP contribution is -2.41. The predicted molar refractivity (Wildman–Crippen MR) is 82.8 cm³/mol. The third-order valence-electron chi connectivity index (χ3n) is 5.29. The Bertz CT molecular complexity index is 446. The molecule has 2 fully saturated rings. The van der Waals surface area contributed by atoms with Crippen LogP contribution in [0.15, 0.2) is 24.3 Å². The first-order valence-electron chi connectivity index (χ1n) is 8.24. The molecule has 2 aliphatic rings. The lowest BCUT2D eigenvalue weighted by atomic mass is 9.78. The zero-order valence-electron chi connectivity index (χ0n) is 12.6. The average molecular weight is 273 g/mol. The van der Waals surface area contributed by atoms with Crippen LogP contribution < -0.4 is 5.73 Å². The number of hydrogen-bond acceptors (Lipinski definition) is 2. The molecule has 1 aromatic rings. The van der Waals surface area contributed by atoms with E-state index in [9.17, 15) is 0 Å². The highest BCUT2D eigenvalue weighted by Gasteiger charge is 2.41. The van der Waals surface area contributed by atoms with Crippen LogP contribution in [0.3, 0.4) is 0 Å². The summed E-state index contributed by atoms with van der Waals surface area (Å²) in [5.74, 6) is 0.772. The first-order valence-corrected chi connectivity index (χ1v) is 8.24. The number of benzene rings is 1. The van der Waals surface area contributed by atoms with Crippen molar-refractivity contribution in [2.24, 2.45) is 5.73 Å². The van der Waals surface area contributed by atoms with E-state index in [4.69, 9.17) is 10.5 Å². The van der Waals surface area contributed by atoms with Gasteiger partial charge in [0.25, 0.3) is 0 Å². The molecule has 20 heavy (non-hydrogen) atoms. The van der Waals surface area contributed by atoms with Gasteiger partial charge in [-0.2, -0.15) is 0 Å². The molecule has 2 aliphatic carbocycles. The van der Waals surface area contributed by atoms with Gasteiger partial charge in [-0.15, -0.1) is 0 Å². The molecule has 1 atom stereocenters. The van der Waals surface area contributed by atoms with E-state index in [0.29, 0.717) is 0 Å². The fraction of sp³-hybridized carbons (Fsp3) is 0.667. The first-order chi connectivity index (χ1) is 9.75. The van der Waals surface area contributed by atoms with Gasteiger partial charge < -0.3 is 10.5 Å². The summed E-state index contributed by atoms with van der Waals surface area (Å²) in [6.45, 7) is 2.84. The van der Waals surface area contributed by atoms with Crippen LogP contribution in [0.1, 0.15) is 75.0 Å². The van der Waals surface area contributed by atoms with Gasteiger partial charge in [-0.1, -0.05) is 43.5 Å².